The van der Waals surface area contributed by atoms with E-state index in [0.717, 1.165) is 64.0 Å². The number of nitrogens with one attached hydrogen (secondary N) is 3. The fourth-order valence-corrected chi connectivity index (χ4v) is 9.67. The van der Waals surface area contributed by atoms with Gasteiger partial charge in [0.05, 0.1) is 48.2 Å². The number of rotatable bonds is 14. The number of likely N-dealkylation sites (tertiary alicyclic amines) is 1. The summed E-state index contributed by atoms with van der Waals surface area (Å²) in [6, 6.07) is 32.7. The summed E-state index contributed by atoms with van der Waals surface area (Å²) in [5.74, 6) is 2.16. The minimum atomic E-state index is -1.08. The third-order valence-corrected chi connectivity index (χ3v) is 14.3. The van der Waals surface area contributed by atoms with Crippen molar-refractivity contribution in [2.24, 2.45) is 0 Å². The van der Waals surface area contributed by atoms with Gasteiger partial charge < -0.3 is 45.2 Å². The Morgan fingerprint density at radius 2 is 0.972 bits per heavy atom. The van der Waals surface area contributed by atoms with Crippen molar-refractivity contribution in [2.75, 3.05) is 45.7 Å². The van der Waals surface area contributed by atoms with E-state index in [2.05, 4.69) is 30.2 Å². The van der Waals surface area contributed by atoms with Crippen LogP contribution >= 0.6 is 0 Å². The second-order valence-corrected chi connectivity index (χ2v) is 20.3. The standard InChI is InChI=1S/C27H27N3O5S.C26H25N3O5S/c1-30-12-20(13-30)35-24-8-5-18(11-22(24)17-3-6-21(7-4-17)36(2)34)26-28-23-10-16(14-31)9-19(15-32)25(23)27(33)29-26;1-35(33)20-5-2-16(3-6-20)21-10-17(4-7-23(21)34-19-11-27-12-19)25-28-22-9-15(13-30)8-18(14-31)24(22)26(32)29-25/h3-11,20,31-32H,12-15H2,1-2H3,(H,28,29,33);2-10,19,27,30-31H,11-14H2,1H3,(H,28,29,32). The van der Waals surface area contributed by atoms with Gasteiger partial charge in [0.2, 0.25) is 0 Å². The molecule has 0 spiro atoms. The lowest BCUT2D eigenvalue weighted by Gasteiger charge is -2.36. The zero-order valence-electron chi connectivity index (χ0n) is 39.1. The maximum atomic E-state index is 13.0. The largest absolute Gasteiger partial charge is 0.487 e. The zero-order chi connectivity index (χ0) is 49.9. The lowest BCUT2D eigenvalue weighted by atomic mass is 10.0. The van der Waals surface area contributed by atoms with E-state index in [0.29, 0.717) is 72.6 Å². The topological polar surface area (TPSA) is 240 Å². The molecule has 8 aromatic rings. The van der Waals surface area contributed by atoms with Gasteiger partial charge in [0.1, 0.15) is 35.4 Å². The van der Waals surface area contributed by atoms with Crippen LogP contribution in [0.15, 0.2) is 129 Å². The molecule has 0 saturated carbocycles. The van der Waals surface area contributed by atoms with E-state index in [1.54, 1.807) is 36.8 Å². The molecule has 2 atom stereocenters. The van der Waals surface area contributed by atoms with Gasteiger partial charge in [0.15, 0.2) is 0 Å². The van der Waals surface area contributed by atoms with Crippen LogP contribution in [-0.2, 0) is 48.0 Å². The molecule has 6 aromatic carbocycles. The van der Waals surface area contributed by atoms with Gasteiger partial charge in [0.25, 0.3) is 11.1 Å². The van der Waals surface area contributed by atoms with Crippen molar-refractivity contribution in [1.29, 1.82) is 0 Å². The lowest BCUT2D eigenvalue weighted by Crippen LogP contribution is -2.51. The van der Waals surface area contributed by atoms with E-state index in [9.17, 15) is 38.4 Å². The van der Waals surface area contributed by atoms with Gasteiger partial charge >= 0.3 is 0 Å². The predicted molar refractivity (Wildman–Crippen MR) is 274 cm³/mol. The number of aliphatic hydroxyl groups excluding tert-OH is 4. The smallest absolute Gasteiger partial charge is 0.259 e. The fourth-order valence-electron chi connectivity index (χ4n) is 8.63. The number of aromatic nitrogens is 4. The first-order valence-electron chi connectivity index (χ1n) is 22.8. The van der Waals surface area contributed by atoms with Crippen LogP contribution in [0.5, 0.6) is 11.5 Å². The van der Waals surface area contributed by atoms with Gasteiger partial charge in [0, 0.05) is 92.3 Å². The molecule has 2 fully saturated rings. The highest BCUT2D eigenvalue weighted by Crippen LogP contribution is 2.37. The molecule has 4 heterocycles. The number of likely N-dealkylation sites (N-methyl/N-ethyl adjacent to an activating group) is 1. The quantitative estimate of drug-likeness (QED) is 0.0759. The van der Waals surface area contributed by atoms with Crippen LogP contribution in [0.25, 0.3) is 66.8 Å². The minimum Gasteiger partial charge on any atom is -0.487 e. The second kappa shape index (κ2) is 21.3. The van der Waals surface area contributed by atoms with E-state index in [4.69, 9.17) is 9.47 Å². The average molecular weight is 997 g/mol. The number of ether oxygens (including phenoxy) is 2. The first-order valence-corrected chi connectivity index (χ1v) is 25.9. The Hall–Kier alpha value is -6.74. The highest BCUT2D eigenvalue weighted by molar-refractivity contribution is 7.84. The molecule has 0 radical (unpaired) electrons. The fraction of sp³-hybridized carbons (Fsp3) is 0.245. The van der Waals surface area contributed by atoms with Crippen LogP contribution < -0.4 is 25.9 Å². The Kier molecular flexibility index (Phi) is 14.8. The number of hydrogen-bond acceptors (Lipinski definition) is 14. The third-order valence-electron chi connectivity index (χ3n) is 12.5. The molecule has 0 bridgehead atoms. The van der Waals surface area contributed by atoms with Crippen LogP contribution in [0.4, 0.5) is 0 Å². The first kappa shape index (κ1) is 49.2. The summed E-state index contributed by atoms with van der Waals surface area (Å²) in [6.45, 7) is 2.11. The Balaban J connectivity index is 0.000000176. The van der Waals surface area contributed by atoms with Crippen LogP contribution in [0.3, 0.4) is 0 Å². The average Bonchev–Trinajstić information content (AvgIpc) is 3.36. The van der Waals surface area contributed by atoms with Gasteiger partial charge in [-0.3, -0.25) is 22.9 Å². The molecule has 7 N–H and O–H groups in total. The molecule has 2 aromatic heterocycles. The molecule has 16 nitrogen and oxygen atoms in total. The number of hydrogen-bond donors (Lipinski definition) is 7. The second-order valence-electron chi connectivity index (χ2n) is 17.5. The van der Waals surface area contributed by atoms with Crippen LogP contribution in [0.2, 0.25) is 0 Å². The van der Waals surface area contributed by atoms with E-state index < -0.39 is 21.6 Å². The van der Waals surface area contributed by atoms with Crippen molar-refractivity contribution in [3.05, 3.63) is 152 Å². The van der Waals surface area contributed by atoms with E-state index in [-0.39, 0.29) is 49.8 Å². The number of aliphatic hydroxyl groups is 4. The summed E-state index contributed by atoms with van der Waals surface area (Å²) in [7, 11) is -0.122. The maximum absolute atomic E-state index is 13.0. The van der Waals surface area contributed by atoms with Gasteiger partial charge in [-0.05, 0) is 113 Å². The van der Waals surface area contributed by atoms with Crippen LogP contribution in [-0.4, -0.2) is 112 Å². The van der Waals surface area contributed by atoms with Crippen molar-refractivity contribution in [1.82, 2.24) is 30.2 Å². The molecule has 18 heteroatoms. The number of nitrogens with zero attached hydrogens (tertiary/aromatic N) is 3. The molecule has 2 aliphatic rings. The van der Waals surface area contributed by atoms with Crippen LogP contribution in [0.1, 0.15) is 22.3 Å². The van der Waals surface area contributed by atoms with Gasteiger partial charge in [-0.25, -0.2) is 9.97 Å². The third kappa shape index (κ3) is 10.7. The van der Waals surface area contributed by atoms with Crippen molar-refractivity contribution in [3.8, 4) is 56.5 Å². The Labute approximate surface area is 412 Å². The minimum absolute atomic E-state index is 0.0782. The van der Waals surface area contributed by atoms with Crippen molar-refractivity contribution < 1.29 is 38.3 Å². The van der Waals surface area contributed by atoms with Gasteiger partial charge in [-0.2, -0.15) is 0 Å². The summed E-state index contributed by atoms with van der Waals surface area (Å²) in [4.78, 5) is 44.5. The van der Waals surface area contributed by atoms with Gasteiger partial charge in [-0.1, -0.05) is 36.4 Å². The predicted octanol–water partition coefficient (Wildman–Crippen LogP) is 5.00. The summed E-state index contributed by atoms with van der Waals surface area (Å²) in [5, 5.41) is 42.4. The molecule has 71 heavy (non-hydrogen) atoms. The highest BCUT2D eigenvalue weighted by atomic mass is 32.2. The molecular weight excluding hydrogens is 945 g/mol. The number of fused-ring (bicyclic) bond motifs is 2. The Morgan fingerprint density at radius 3 is 1.32 bits per heavy atom. The van der Waals surface area contributed by atoms with E-state index in [1.165, 1.54) is 0 Å². The summed E-state index contributed by atoms with van der Waals surface area (Å²) in [6.07, 6.45) is 3.45. The number of benzene rings is 6. The van der Waals surface area contributed by atoms with Crippen molar-refractivity contribution in [2.45, 2.75) is 48.4 Å². The van der Waals surface area contributed by atoms with Crippen molar-refractivity contribution >= 4 is 43.4 Å². The number of aromatic amines is 2. The molecular formula is C53H52N6O10S2. The summed E-state index contributed by atoms with van der Waals surface area (Å²) < 4.78 is 36.2. The Morgan fingerprint density at radius 1 is 0.563 bits per heavy atom. The van der Waals surface area contributed by atoms with Gasteiger partial charge in [-0.15, -0.1) is 0 Å². The molecule has 2 saturated heterocycles. The lowest BCUT2D eigenvalue weighted by molar-refractivity contribution is 0.0392. The summed E-state index contributed by atoms with van der Waals surface area (Å²) >= 11 is 0. The number of H-pyrrole nitrogens is 2. The first-order chi connectivity index (χ1) is 34.3. The van der Waals surface area contributed by atoms with E-state index >= 15 is 0 Å². The normalized spacial score (nSPS) is 14.9. The molecule has 0 amide bonds. The zero-order valence-corrected chi connectivity index (χ0v) is 40.7. The monoisotopic (exact) mass is 996 g/mol. The molecule has 2 unspecified atom stereocenters. The Bertz CT molecular complexity index is 3450. The molecule has 2 aliphatic heterocycles. The SMILES string of the molecule is CN1CC(Oc2ccc(-c3nc4cc(CO)cc(CO)c4c(=O)[nH]3)cc2-c2ccc(S(C)=O)cc2)C1.CS(=O)c1ccc(-c2cc(-c3nc4cc(CO)cc(CO)c4c(=O)[nH]3)ccc2OC2CNC2)cc1. The highest BCUT2D eigenvalue weighted by Gasteiger charge is 2.27. The van der Waals surface area contributed by atoms with Crippen molar-refractivity contribution in [3.63, 3.8) is 0 Å². The molecule has 10 rings (SSSR count). The maximum Gasteiger partial charge on any atom is 0.259 e. The molecule has 0 aliphatic carbocycles. The summed E-state index contributed by atoms with van der Waals surface area (Å²) in [5.41, 5.74) is 6.84. The van der Waals surface area contributed by atoms with E-state index in [1.807, 2.05) is 92.0 Å². The molecule has 366 valence electrons. The van der Waals surface area contributed by atoms with Crippen LogP contribution in [0, 0.1) is 0 Å².